The van der Waals surface area contributed by atoms with Crippen molar-refractivity contribution < 1.29 is 14.2 Å². The lowest BCUT2D eigenvalue weighted by Crippen LogP contribution is -2.41. The second-order valence-corrected chi connectivity index (χ2v) is 7.20. The molecule has 3 aliphatic rings. The average molecular weight is 318 g/mol. The molecule has 4 rings (SSSR count). The summed E-state index contributed by atoms with van der Waals surface area (Å²) in [5.74, 6) is 0.614. The van der Waals surface area contributed by atoms with Crippen LogP contribution in [-0.4, -0.2) is 62.0 Å². The third-order valence-corrected chi connectivity index (χ3v) is 5.66. The molecule has 5 nitrogen and oxygen atoms in total. The Morgan fingerprint density at radius 2 is 2.04 bits per heavy atom. The zero-order chi connectivity index (χ0) is 15.5. The first-order valence-corrected chi connectivity index (χ1v) is 8.72. The molecule has 2 atom stereocenters. The van der Waals surface area contributed by atoms with Crippen LogP contribution in [0.2, 0.25) is 0 Å². The zero-order valence-corrected chi connectivity index (χ0v) is 13.7. The maximum atomic E-state index is 6.08. The van der Waals surface area contributed by atoms with Crippen molar-refractivity contribution in [2.45, 2.75) is 25.5 Å². The van der Waals surface area contributed by atoms with Gasteiger partial charge < -0.3 is 14.2 Å². The summed E-state index contributed by atoms with van der Waals surface area (Å²) < 4.78 is 17.4. The maximum absolute atomic E-state index is 6.08. The van der Waals surface area contributed by atoms with E-state index >= 15 is 0 Å². The van der Waals surface area contributed by atoms with Crippen molar-refractivity contribution >= 4 is 0 Å². The predicted octanol–water partition coefficient (Wildman–Crippen LogP) is 1.73. The van der Waals surface area contributed by atoms with E-state index in [1.54, 1.807) is 0 Å². The molecule has 0 amide bonds. The van der Waals surface area contributed by atoms with Gasteiger partial charge in [0.1, 0.15) is 0 Å². The number of rotatable bonds is 5. The molecule has 0 aliphatic carbocycles. The molecular formula is C18H26N2O3. The Kier molecular flexibility index (Phi) is 4.62. The lowest BCUT2D eigenvalue weighted by molar-refractivity contribution is 0.00347. The van der Waals surface area contributed by atoms with Gasteiger partial charge in [0.25, 0.3) is 0 Å². The quantitative estimate of drug-likeness (QED) is 0.827. The van der Waals surface area contributed by atoms with E-state index in [-0.39, 0.29) is 5.41 Å². The molecule has 3 saturated heterocycles. The molecule has 3 aliphatic heterocycles. The molecular weight excluding hydrogens is 292 g/mol. The monoisotopic (exact) mass is 318 g/mol. The molecule has 4 heterocycles. The van der Waals surface area contributed by atoms with Gasteiger partial charge >= 0.3 is 0 Å². The van der Waals surface area contributed by atoms with Gasteiger partial charge in [-0.25, -0.2) is 0 Å². The topological polar surface area (TPSA) is 43.8 Å². The minimum absolute atomic E-state index is 0.186. The van der Waals surface area contributed by atoms with Crippen LogP contribution in [0.5, 0.6) is 0 Å². The van der Waals surface area contributed by atoms with Crippen LogP contribution in [0.15, 0.2) is 24.5 Å². The number of hydrogen-bond acceptors (Lipinski definition) is 5. The first-order valence-electron chi connectivity index (χ1n) is 8.72. The molecule has 0 N–H and O–H groups in total. The van der Waals surface area contributed by atoms with Crippen LogP contribution in [0.4, 0.5) is 0 Å². The van der Waals surface area contributed by atoms with Gasteiger partial charge in [-0.1, -0.05) is 0 Å². The average Bonchev–Trinajstić information content (AvgIpc) is 3.14. The Bertz CT molecular complexity index is 506. The highest BCUT2D eigenvalue weighted by atomic mass is 16.5. The van der Waals surface area contributed by atoms with Gasteiger partial charge in [0.15, 0.2) is 0 Å². The van der Waals surface area contributed by atoms with E-state index in [0.29, 0.717) is 18.6 Å². The van der Waals surface area contributed by atoms with Crippen LogP contribution in [0.25, 0.3) is 0 Å². The molecule has 0 spiro atoms. The number of ether oxygens (including phenoxy) is 3. The minimum Gasteiger partial charge on any atom is -0.381 e. The fourth-order valence-corrected chi connectivity index (χ4v) is 4.26. The van der Waals surface area contributed by atoms with Gasteiger partial charge in [-0.05, 0) is 30.5 Å². The van der Waals surface area contributed by atoms with Crippen molar-refractivity contribution in [3.05, 3.63) is 30.1 Å². The third kappa shape index (κ3) is 3.29. The Balaban J connectivity index is 1.35. The summed E-state index contributed by atoms with van der Waals surface area (Å²) in [7, 11) is 0. The normalized spacial score (nSPS) is 32.3. The first-order chi connectivity index (χ1) is 11.4. The summed E-state index contributed by atoms with van der Waals surface area (Å²) in [6.07, 6.45) is 5.98. The van der Waals surface area contributed by atoms with E-state index in [4.69, 9.17) is 14.2 Å². The Hall–Kier alpha value is -1.01. The van der Waals surface area contributed by atoms with E-state index in [2.05, 4.69) is 9.88 Å². The van der Waals surface area contributed by atoms with Crippen molar-refractivity contribution in [1.29, 1.82) is 0 Å². The highest BCUT2D eigenvalue weighted by Gasteiger charge is 2.52. The van der Waals surface area contributed by atoms with E-state index in [1.165, 1.54) is 18.4 Å². The molecule has 0 unspecified atom stereocenters. The van der Waals surface area contributed by atoms with Crippen LogP contribution < -0.4 is 0 Å². The number of aromatic nitrogens is 1. The Morgan fingerprint density at radius 1 is 1.22 bits per heavy atom. The summed E-state index contributed by atoms with van der Waals surface area (Å²) >= 11 is 0. The van der Waals surface area contributed by atoms with Gasteiger partial charge in [-0.15, -0.1) is 0 Å². The second kappa shape index (κ2) is 6.85. The summed E-state index contributed by atoms with van der Waals surface area (Å²) in [5, 5.41) is 0. The van der Waals surface area contributed by atoms with E-state index < -0.39 is 0 Å². The lowest BCUT2D eigenvalue weighted by Gasteiger charge is -2.33. The zero-order valence-electron chi connectivity index (χ0n) is 13.7. The van der Waals surface area contributed by atoms with Crippen LogP contribution in [0.3, 0.4) is 0 Å². The van der Waals surface area contributed by atoms with Crippen molar-refractivity contribution in [1.82, 2.24) is 9.88 Å². The molecule has 0 saturated carbocycles. The molecule has 126 valence electrons. The van der Waals surface area contributed by atoms with Gasteiger partial charge in [-0.2, -0.15) is 0 Å². The predicted molar refractivity (Wildman–Crippen MR) is 86.0 cm³/mol. The van der Waals surface area contributed by atoms with Gasteiger partial charge in [-0.3, -0.25) is 9.88 Å². The molecule has 1 aromatic rings. The lowest BCUT2D eigenvalue weighted by atomic mass is 9.82. The maximum Gasteiger partial charge on any atom is 0.0718 e. The van der Waals surface area contributed by atoms with E-state index in [0.717, 1.165) is 46.1 Å². The minimum atomic E-state index is 0.186. The molecule has 23 heavy (non-hydrogen) atoms. The van der Waals surface area contributed by atoms with Crippen molar-refractivity contribution in [3.8, 4) is 0 Å². The summed E-state index contributed by atoms with van der Waals surface area (Å²) in [6.45, 7) is 7.27. The number of fused-ring (bicyclic) bond motifs is 1. The third-order valence-electron chi connectivity index (χ3n) is 5.66. The first kappa shape index (κ1) is 15.5. The van der Waals surface area contributed by atoms with Crippen LogP contribution in [0.1, 0.15) is 18.4 Å². The molecule has 1 aromatic heterocycles. The van der Waals surface area contributed by atoms with E-state index in [1.807, 2.05) is 24.5 Å². The molecule has 0 radical (unpaired) electrons. The Labute approximate surface area is 137 Å². The van der Waals surface area contributed by atoms with Gasteiger partial charge in [0, 0.05) is 56.1 Å². The second-order valence-electron chi connectivity index (χ2n) is 7.20. The molecule has 3 fully saturated rings. The van der Waals surface area contributed by atoms with Crippen molar-refractivity contribution in [2.24, 2.45) is 11.3 Å². The Morgan fingerprint density at radius 3 is 2.87 bits per heavy atom. The van der Waals surface area contributed by atoms with Crippen molar-refractivity contribution in [2.75, 3.05) is 46.1 Å². The standard InChI is InChI=1S/C18H26N2O3/c1-5-19-6-2-15(1)10-22-13-18-12-20(9-16(18)11-23-14-18)17-3-7-21-8-4-17/h1-2,5-6,16-17H,3-4,7-14H2/t16-,18-/m1/s1. The number of hydrogen-bond donors (Lipinski definition) is 0. The highest BCUT2D eigenvalue weighted by molar-refractivity contribution is 5.08. The molecule has 5 heteroatoms. The summed E-state index contributed by atoms with van der Waals surface area (Å²) in [5.41, 5.74) is 1.37. The SMILES string of the molecule is c1cc(COC[C@]23COC[C@H]2CN(C2CCOCC2)C3)ccn1. The van der Waals surface area contributed by atoms with Crippen LogP contribution in [-0.2, 0) is 20.8 Å². The summed E-state index contributed by atoms with van der Waals surface area (Å²) in [6, 6.07) is 4.72. The van der Waals surface area contributed by atoms with Gasteiger partial charge in [0.2, 0.25) is 0 Å². The van der Waals surface area contributed by atoms with Gasteiger partial charge in [0.05, 0.1) is 26.4 Å². The van der Waals surface area contributed by atoms with Crippen LogP contribution >= 0.6 is 0 Å². The fourth-order valence-electron chi connectivity index (χ4n) is 4.26. The molecule has 0 bridgehead atoms. The number of likely N-dealkylation sites (tertiary alicyclic amines) is 1. The number of nitrogens with zero attached hydrogens (tertiary/aromatic N) is 2. The van der Waals surface area contributed by atoms with Crippen LogP contribution in [0, 0.1) is 11.3 Å². The number of pyridine rings is 1. The largest absolute Gasteiger partial charge is 0.381 e. The highest BCUT2D eigenvalue weighted by Crippen LogP contribution is 2.43. The smallest absolute Gasteiger partial charge is 0.0718 e. The van der Waals surface area contributed by atoms with E-state index in [9.17, 15) is 0 Å². The summed E-state index contributed by atoms with van der Waals surface area (Å²) in [4.78, 5) is 6.72. The molecule has 0 aromatic carbocycles. The van der Waals surface area contributed by atoms with Crippen molar-refractivity contribution in [3.63, 3.8) is 0 Å². The fraction of sp³-hybridized carbons (Fsp3) is 0.722.